The van der Waals surface area contributed by atoms with E-state index >= 15 is 0 Å². The number of rotatable bonds is 7. The van der Waals surface area contributed by atoms with Crippen LogP contribution in [0, 0.1) is 5.82 Å². The van der Waals surface area contributed by atoms with E-state index in [1.165, 1.54) is 31.4 Å². The molecule has 0 atom stereocenters. The van der Waals surface area contributed by atoms with Gasteiger partial charge in [-0.1, -0.05) is 12.1 Å². The lowest BCUT2D eigenvalue weighted by molar-refractivity contribution is -0.122. The molecule has 0 aliphatic carbocycles. The molecular weight excluding hydrogens is 391 g/mol. The topological polar surface area (TPSA) is 102 Å². The highest BCUT2D eigenvalue weighted by molar-refractivity contribution is 6.02. The Kier molecular flexibility index (Phi) is 6.53. The van der Waals surface area contributed by atoms with Crippen molar-refractivity contribution in [1.82, 2.24) is 15.1 Å². The van der Waals surface area contributed by atoms with Crippen LogP contribution in [-0.4, -0.2) is 28.7 Å². The van der Waals surface area contributed by atoms with Gasteiger partial charge in [0.05, 0.1) is 7.11 Å². The maximum Gasteiger partial charge on any atom is 0.276 e. The number of hydrogen-bond donors (Lipinski definition) is 2. The van der Waals surface area contributed by atoms with Crippen LogP contribution < -0.4 is 20.9 Å². The van der Waals surface area contributed by atoms with Crippen molar-refractivity contribution in [2.45, 2.75) is 13.1 Å². The summed E-state index contributed by atoms with van der Waals surface area (Å²) in [5, 5.41) is 9.24. The minimum absolute atomic E-state index is 0.0169. The van der Waals surface area contributed by atoms with Crippen LogP contribution in [0.3, 0.4) is 0 Å². The van der Waals surface area contributed by atoms with Gasteiger partial charge in [0, 0.05) is 18.3 Å². The molecule has 0 fully saturated rings. The smallest absolute Gasteiger partial charge is 0.276 e. The molecule has 2 aromatic carbocycles. The minimum atomic E-state index is -0.527. The number of nitrogens with one attached hydrogen (secondary N) is 2. The Morgan fingerprint density at radius 1 is 1.03 bits per heavy atom. The lowest BCUT2D eigenvalue weighted by atomic mass is 10.2. The highest BCUT2D eigenvalue weighted by Crippen LogP contribution is 2.15. The zero-order valence-electron chi connectivity index (χ0n) is 16.1. The van der Waals surface area contributed by atoms with Crippen molar-refractivity contribution in [3.63, 3.8) is 0 Å². The largest absolute Gasteiger partial charge is 0.497 e. The van der Waals surface area contributed by atoms with Crippen molar-refractivity contribution in [2.75, 3.05) is 12.4 Å². The quantitative estimate of drug-likeness (QED) is 0.620. The fourth-order valence-electron chi connectivity index (χ4n) is 2.55. The van der Waals surface area contributed by atoms with Gasteiger partial charge in [0.15, 0.2) is 0 Å². The molecule has 1 aromatic heterocycles. The zero-order chi connectivity index (χ0) is 21.5. The monoisotopic (exact) mass is 410 g/mol. The van der Waals surface area contributed by atoms with Crippen LogP contribution in [0.25, 0.3) is 0 Å². The van der Waals surface area contributed by atoms with E-state index in [2.05, 4.69) is 15.7 Å². The van der Waals surface area contributed by atoms with E-state index in [0.29, 0.717) is 17.0 Å². The van der Waals surface area contributed by atoms with Crippen LogP contribution >= 0.6 is 0 Å². The molecule has 0 unspecified atom stereocenters. The molecule has 3 aromatic rings. The molecule has 0 aliphatic rings. The third kappa shape index (κ3) is 5.51. The van der Waals surface area contributed by atoms with E-state index in [4.69, 9.17) is 4.74 Å². The van der Waals surface area contributed by atoms with Gasteiger partial charge in [-0.2, -0.15) is 5.10 Å². The molecular formula is C21H19FN4O4. The van der Waals surface area contributed by atoms with Crippen LogP contribution in [0.1, 0.15) is 16.1 Å². The number of amides is 2. The molecule has 0 bridgehead atoms. The molecule has 0 saturated heterocycles. The summed E-state index contributed by atoms with van der Waals surface area (Å²) >= 11 is 0. The Hall–Kier alpha value is -4.01. The molecule has 0 aliphatic heterocycles. The molecule has 1 heterocycles. The summed E-state index contributed by atoms with van der Waals surface area (Å²) in [5.74, 6) is -0.723. The lowest BCUT2D eigenvalue weighted by Crippen LogP contribution is -2.34. The van der Waals surface area contributed by atoms with E-state index in [1.54, 1.807) is 36.4 Å². The standard InChI is InChI=1S/C21H19FN4O4/c1-30-17-8-6-16(7-9-17)24-21(29)18-10-11-20(28)26(25-18)13-19(27)23-12-14-2-4-15(22)5-3-14/h2-11H,12-13H2,1H3,(H,23,27)(H,24,29). The van der Waals surface area contributed by atoms with Gasteiger partial charge in [0.1, 0.15) is 23.8 Å². The number of hydrogen-bond acceptors (Lipinski definition) is 5. The average Bonchev–Trinajstić information content (AvgIpc) is 2.75. The zero-order valence-corrected chi connectivity index (χ0v) is 16.1. The van der Waals surface area contributed by atoms with Gasteiger partial charge in [-0.05, 0) is 48.0 Å². The molecule has 9 heteroatoms. The van der Waals surface area contributed by atoms with Crippen molar-refractivity contribution < 1.29 is 18.7 Å². The number of halogens is 1. The first-order chi connectivity index (χ1) is 14.4. The number of carbonyl (C=O) groups excluding carboxylic acids is 2. The third-order valence-corrected chi connectivity index (χ3v) is 4.14. The van der Waals surface area contributed by atoms with Gasteiger partial charge in [-0.3, -0.25) is 14.4 Å². The second-order valence-corrected chi connectivity index (χ2v) is 6.30. The number of anilines is 1. The first-order valence-corrected chi connectivity index (χ1v) is 8.99. The summed E-state index contributed by atoms with van der Waals surface area (Å²) in [4.78, 5) is 36.5. The highest BCUT2D eigenvalue weighted by Gasteiger charge is 2.12. The molecule has 30 heavy (non-hydrogen) atoms. The predicted octanol–water partition coefficient (Wildman–Crippen LogP) is 1.96. The molecule has 0 radical (unpaired) electrons. The Labute approximate surface area is 171 Å². The first-order valence-electron chi connectivity index (χ1n) is 8.99. The Morgan fingerprint density at radius 2 is 1.73 bits per heavy atom. The number of ether oxygens (including phenoxy) is 1. The minimum Gasteiger partial charge on any atom is -0.497 e. The maximum absolute atomic E-state index is 12.9. The highest BCUT2D eigenvalue weighted by atomic mass is 19.1. The van der Waals surface area contributed by atoms with Crippen LogP contribution in [0.15, 0.2) is 65.5 Å². The average molecular weight is 410 g/mol. The van der Waals surface area contributed by atoms with Gasteiger partial charge in [-0.15, -0.1) is 0 Å². The normalized spacial score (nSPS) is 10.3. The summed E-state index contributed by atoms with van der Waals surface area (Å²) in [5.41, 5.74) is 0.694. The number of methoxy groups -OCH3 is 1. The van der Waals surface area contributed by atoms with Crippen molar-refractivity contribution in [2.24, 2.45) is 0 Å². The van der Waals surface area contributed by atoms with Crippen molar-refractivity contribution in [3.8, 4) is 5.75 Å². The molecule has 2 N–H and O–H groups in total. The number of aromatic nitrogens is 2. The first kappa shape index (κ1) is 20.7. The van der Waals surface area contributed by atoms with E-state index < -0.39 is 17.4 Å². The lowest BCUT2D eigenvalue weighted by Gasteiger charge is -2.09. The van der Waals surface area contributed by atoms with Crippen molar-refractivity contribution >= 4 is 17.5 Å². The van der Waals surface area contributed by atoms with Gasteiger partial charge in [0.25, 0.3) is 11.5 Å². The third-order valence-electron chi connectivity index (χ3n) is 4.14. The summed E-state index contributed by atoms with van der Waals surface area (Å²) in [6, 6.07) is 14.8. The predicted molar refractivity (Wildman–Crippen MR) is 108 cm³/mol. The van der Waals surface area contributed by atoms with Crippen molar-refractivity contribution in [3.05, 3.63) is 88.1 Å². The SMILES string of the molecule is COc1ccc(NC(=O)c2ccc(=O)n(CC(=O)NCc3ccc(F)cc3)n2)cc1. The Balaban J connectivity index is 1.63. The van der Waals surface area contributed by atoms with Gasteiger partial charge in [0.2, 0.25) is 5.91 Å². The summed E-state index contributed by atoms with van der Waals surface area (Å²) in [6.07, 6.45) is 0. The molecule has 8 nitrogen and oxygen atoms in total. The number of nitrogens with zero attached hydrogens (tertiary/aromatic N) is 2. The fraction of sp³-hybridized carbons (Fsp3) is 0.143. The number of benzene rings is 2. The maximum atomic E-state index is 12.9. The molecule has 2 amide bonds. The van der Waals surface area contributed by atoms with Crippen LogP contribution in [0.2, 0.25) is 0 Å². The Morgan fingerprint density at radius 3 is 2.40 bits per heavy atom. The van der Waals surface area contributed by atoms with Gasteiger partial charge >= 0.3 is 0 Å². The van der Waals surface area contributed by atoms with E-state index in [9.17, 15) is 18.8 Å². The van der Waals surface area contributed by atoms with Crippen molar-refractivity contribution in [1.29, 1.82) is 0 Å². The second kappa shape index (κ2) is 9.46. The molecule has 154 valence electrons. The second-order valence-electron chi connectivity index (χ2n) is 6.30. The van der Waals surface area contributed by atoms with Gasteiger partial charge < -0.3 is 15.4 Å². The molecule has 3 rings (SSSR count). The van der Waals surface area contributed by atoms with Crippen LogP contribution in [0.4, 0.5) is 10.1 Å². The molecule has 0 spiro atoms. The summed E-state index contributed by atoms with van der Waals surface area (Å²) < 4.78 is 18.9. The van der Waals surface area contributed by atoms with Gasteiger partial charge in [-0.25, -0.2) is 9.07 Å². The van der Waals surface area contributed by atoms with Crippen LogP contribution in [-0.2, 0) is 17.9 Å². The summed E-state index contributed by atoms with van der Waals surface area (Å²) in [7, 11) is 1.54. The van der Waals surface area contributed by atoms with Crippen LogP contribution in [0.5, 0.6) is 5.75 Å². The molecule has 0 saturated carbocycles. The summed E-state index contributed by atoms with van der Waals surface area (Å²) in [6.45, 7) is -0.185. The Bertz CT molecular complexity index is 1100. The number of carbonyl (C=O) groups is 2. The van der Waals surface area contributed by atoms with E-state index in [-0.39, 0.29) is 24.6 Å². The van der Waals surface area contributed by atoms with E-state index in [1.807, 2.05) is 0 Å². The fourth-order valence-corrected chi connectivity index (χ4v) is 2.55. The van der Waals surface area contributed by atoms with E-state index in [0.717, 1.165) is 4.68 Å².